The molecule has 1 aromatic heterocycles. The van der Waals surface area contributed by atoms with Crippen molar-refractivity contribution in [1.29, 1.82) is 0 Å². The van der Waals surface area contributed by atoms with Gasteiger partial charge in [-0.15, -0.1) is 0 Å². The Hall–Kier alpha value is -1.12. The summed E-state index contributed by atoms with van der Waals surface area (Å²) < 4.78 is 0. The van der Waals surface area contributed by atoms with Crippen molar-refractivity contribution in [3.8, 4) is 0 Å². The van der Waals surface area contributed by atoms with Gasteiger partial charge in [0.05, 0.1) is 6.20 Å². The van der Waals surface area contributed by atoms with E-state index in [0.717, 1.165) is 11.1 Å². The summed E-state index contributed by atoms with van der Waals surface area (Å²) in [7, 11) is 0. The van der Waals surface area contributed by atoms with Crippen LogP contribution in [0.4, 0.5) is 0 Å². The summed E-state index contributed by atoms with van der Waals surface area (Å²) in [5.74, 6) is 0.366. The fraction of sp³-hybridized carbons (Fsp3) is 0.500. The molecule has 0 unspecified atom stereocenters. The van der Waals surface area contributed by atoms with Gasteiger partial charge in [-0.3, -0.25) is 4.79 Å². The smallest absolute Gasteiger partial charge is 0.267 e. The molecule has 1 aromatic rings. The summed E-state index contributed by atoms with van der Waals surface area (Å²) in [5.41, 5.74) is 1.71. The average Bonchev–Trinajstić information content (AvgIpc) is 1.94. The molecule has 1 N–H and O–H groups in total. The Balaban J connectivity index is 3.28. The Bertz CT molecular complexity index is 301. The summed E-state index contributed by atoms with van der Waals surface area (Å²) in [4.78, 5) is 11.0. The lowest BCUT2D eigenvalue weighted by Gasteiger charge is -2.05. The molecule has 0 spiro atoms. The van der Waals surface area contributed by atoms with Gasteiger partial charge in [0.2, 0.25) is 0 Å². The zero-order chi connectivity index (χ0) is 8.43. The molecule has 1 rings (SSSR count). The molecule has 0 amide bonds. The van der Waals surface area contributed by atoms with Crippen LogP contribution in [0.3, 0.4) is 0 Å². The topological polar surface area (TPSA) is 45.8 Å². The fourth-order valence-electron chi connectivity index (χ4n) is 1.05. The van der Waals surface area contributed by atoms with Crippen LogP contribution in [-0.2, 0) is 0 Å². The predicted molar refractivity (Wildman–Crippen MR) is 43.7 cm³/mol. The number of hydrogen-bond donors (Lipinski definition) is 1. The molecule has 3 heteroatoms. The zero-order valence-corrected chi connectivity index (χ0v) is 7.01. The number of hydrogen-bond acceptors (Lipinski definition) is 2. The minimum Gasteiger partial charge on any atom is -0.268 e. The van der Waals surface area contributed by atoms with Crippen molar-refractivity contribution in [2.45, 2.75) is 26.7 Å². The van der Waals surface area contributed by atoms with Crippen molar-refractivity contribution in [3.05, 3.63) is 27.7 Å². The molecule has 0 aromatic carbocycles. The molecule has 0 aliphatic heterocycles. The molecule has 0 fully saturated rings. The first-order valence-electron chi connectivity index (χ1n) is 3.67. The van der Waals surface area contributed by atoms with E-state index in [1.807, 2.05) is 20.8 Å². The standard InChI is InChI=1S/C8H12N2O/c1-5(2)7-4-9-10-8(11)6(7)3/h4-5H,1-3H3,(H,10,11). The summed E-state index contributed by atoms with van der Waals surface area (Å²) >= 11 is 0. The van der Waals surface area contributed by atoms with Gasteiger partial charge in [-0.05, 0) is 18.4 Å². The van der Waals surface area contributed by atoms with Crippen LogP contribution in [0.5, 0.6) is 0 Å². The molecule has 0 bridgehead atoms. The first-order valence-corrected chi connectivity index (χ1v) is 3.67. The maximum absolute atomic E-state index is 11.0. The second-order valence-corrected chi connectivity index (χ2v) is 2.93. The number of H-pyrrole nitrogens is 1. The fourth-order valence-corrected chi connectivity index (χ4v) is 1.05. The van der Waals surface area contributed by atoms with Crippen LogP contribution < -0.4 is 5.56 Å². The van der Waals surface area contributed by atoms with Gasteiger partial charge in [0.15, 0.2) is 0 Å². The molecule has 60 valence electrons. The number of rotatable bonds is 1. The van der Waals surface area contributed by atoms with Crippen molar-refractivity contribution in [2.75, 3.05) is 0 Å². The summed E-state index contributed by atoms with van der Waals surface area (Å²) in [6, 6.07) is 0. The molecular weight excluding hydrogens is 140 g/mol. The van der Waals surface area contributed by atoms with Gasteiger partial charge in [0.1, 0.15) is 0 Å². The molecule has 11 heavy (non-hydrogen) atoms. The third-order valence-corrected chi connectivity index (χ3v) is 1.77. The summed E-state index contributed by atoms with van der Waals surface area (Å²) in [6.45, 7) is 5.91. The van der Waals surface area contributed by atoms with Gasteiger partial charge in [0, 0.05) is 5.56 Å². The number of nitrogens with zero attached hydrogens (tertiary/aromatic N) is 1. The Kier molecular flexibility index (Phi) is 2.08. The second-order valence-electron chi connectivity index (χ2n) is 2.93. The normalized spacial score (nSPS) is 10.5. The van der Waals surface area contributed by atoms with Crippen LogP contribution in [0.25, 0.3) is 0 Å². The molecular formula is C8H12N2O. The highest BCUT2D eigenvalue weighted by atomic mass is 16.1. The quantitative estimate of drug-likeness (QED) is 0.657. The van der Waals surface area contributed by atoms with E-state index in [2.05, 4.69) is 10.2 Å². The molecule has 0 saturated heterocycles. The highest BCUT2D eigenvalue weighted by Gasteiger charge is 2.05. The highest BCUT2D eigenvalue weighted by molar-refractivity contribution is 5.21. The number of aromatic amines is 1. The van der Waals surface area contributed by atoms with E-state index < -0.39 is 0 Å². The van der Waals surface area contributed by atoms with Crippen LogP contribution in [-0.4, -0.2) is 10.2 Å². The van der Waals surface area contributed by atoms with Crippen LogP contribution in [0, 0.1) is 6.92 Å². The van der Waals surface area contributed by atoms with Crippen molar-refractivity contribution < 1.29 is 0 Å². The zero-order valence-electron chi connectivity index (χ0n) is 7.01. The van der Waals surface area contributed by atoms with E-state index in [4.69, 9.17) is 0 Å². The highest BCUT2D eigenvalue weighted by Crippen LogP contribution is 2.13. The van der Waals surface area contributed by atoms with E-state index in [9.17, 15) is 4.79 Å². The maximum Gasteiger partial charge on any atom is 0.267 e. The van der Waals surface area contributed by atoms with Crippen molar-refractivity contribution in [1.82, 2.24) is 10.2 Å². The Morgan fingerprint density at radius 3 is 2.64 bits per heavy atom. The van der Waals surface area contributed by atoms with Crippen LogP contribution in [0.1, 0.15) is 30.9 Å². The Morgan fingerprint density at radius 1 is 1.55 bits per heavy atom. The van der Waals surface area contributed by atoms with Crippen molar-refractivity contribution in [3.63, 3.8) is 0 Å². The largest absolute Gasteiger partial charge is 0.268 e. The van der Waals surface area contributed by atoms with Crippen LogP contribution >= 0.6 is 0 Å². The molecule has 3 nitrogen and oxygen atoms in total. The lowest BCUT2D eigenvalue weighted by molar-refractivity contribution is 0.817. The van der Waals surface area contributed by atoms with E-state index in [0.29, 0.717) is 5.92 Å². The van der Waals surface area contributed by atoms with Crippen molar-refractivity contribution in [2.24, 2.45) is 0 Å². The summed E-state index contributed by atoms with van der Waals surface area (Å²) in [6.07, 6.45) is 1.71. The number of aromatic nitrogens is 2. The molecule has 0 aliphatic carbocycles. The minimum absolute atomic E-state index is 0.0869. The van der Waals surface area contributed by atoms with Gasteiger partial charge in [0.25, 0.3) is 5.56 Å². The molecule has 0 atom stereocenters. The lowest BCUT2D eigenvalue weighted by atomic mass is 10.0. The second kappa shape index (κ2) is 2.86. The SMILES string of the molecule is Cc1c(C(C)C)cn[nH]c1=O. The van der Waals surface area contributed by atoms with Crippen LogP contribution in [0.2, 0.25) is 0 Å². The Labute approximate surface area is 65.5 Å². The molecule has 0 radical (unpaired) electrons. The van der Waals surface area contributed by atoms with E-state index in [-0.39, 0.29) is 5.56 Å². The van der Waals surface area contributed by atoms with Gasteiger partial charge < -0.3 is 0 Å². The molecule has 0 aliphatic rings. The average molecular weight is 152 g/mol. The predicted octanol–water partition coefficient (Wildman–Crippen LogP) is 1.20. The molecule has 0 saturated carbocycles. The summed E-state index contributed by atoms with van der Waals surface area (Å²) in [5, 5.41) is 6.12. The lowest BCUT2D eigenvalue weighted by Crippen LogP contribution is -2.14. The van der Waals surface area contributed by atoms with Gasteiger partial charge in [-0.1, -0.05) is 13.8 Å². The maximum atomic E-state index is 11.0. The van der Waals surface area contributed by atoms with E-state index >= 15 is 0 Å². The monoisotopic (exact) mass is 152 g/mol. The van der Waals surface area contributed by atoms with Gasteiger partial charge in [-0.2, -0.15) is 5.10 Å². The molecule has 1 heterocycles. The van der Waals surface area contributed by atoms with E-state index in [1.54, 1.807) is 6.20 Å². The first kappa shape index (κ1) is 7.98. The van der Waals surface area contributed by atoms with E-state index in [1.165, 1.54) is 0 Å². The van der Waals surface area contributed by atoms with Crippen molar-refractivity contribution >= 4 is 0 Å². The third kappa shape index (κ3) is 1.48. The Morgan fingerprint density at radius 2 is 2.18 bits per heavy atom. The van der Waals surface area contributed by atoms with Gasteiger partial charge in [-0.25, -0.2) is 5.10 Å². The minimum atomic E-state index is -0.0869. The van der Waals surface area contributed by atoms with Gasteiger partial charge >= 0.3 is 0 Å². The third-order valence-electron chi connectivity index (χ3n) is 1.77. The first-order chi connectivity index (χ1) is 5.13. The number of nitrogens with one attached hydrogen (secondary N) is 1. The van der Waals surface area contributed by atoms with Crippen LogP contribution in [0.15, 0.2) is 11.0 Å².